The molecule has 0 radical (unpaired) electrons. The Labute approximate surface area is 61.7 Å². The van der Waals surface area contributed by atoms with Gasteiger partial charge in [-0.1, -0.05) is 0 Å². The monoisotopic (exact) mass is 149 g/mol. The van der Waals surface area contributed by atoms with Crippen LogP contribution < -0.4 is 0 Å². The van der Waals surface area contributed by atoms with Crippen LogP contribution in [0.25, 0.3) is 0 Å². The van der Waals surface area contributed by atoms with Crippen LogP contribution in [-0.4, -0.2) is 17.5 Å². The molecular formula is C6H15NTi. The molecule has 0 aromatic rings. The Hall–Kier alpha value is 0.674. The molecule has 0 saturated carbocycles. The number of rotatable bonds is 1. The van der Waals surface area contributed by atoms with Crippen molar-refractivity contribution in [1.29, 1.82) is 0 Å². The number of nitrogens with zero attached hydrogens (tertiary/aromatic N) is 1. The van der Waals surface area contributed by atoms with Crippen LogP contribution in [0, 0.1) is 0 Å². The van der Waals surface area contributed by atoms with E-state index in [0.29, 0.717) is 3.72 Å². The first-order valence-corrected chi connectivity index (χ1v) is 4.35. The Morgan fingerprint density at radius 1 is 1.12 bits per heavy atom. The first kappa shape index (κ1) is 8.67. The predicted molar refractivity (Wildman–Crippen MR) is 33.4 cm³/mol. The van der Waals surface area contributed by atoms with Crippen molar-refractivity contribution in [1.82, 2.24) is 3.38 Å². The third-order valence-electron chi connectivity index (χ3n) is 0.559. The standard InChI is InChI=1S/C4H9.C2H6N.Ti/c1-4(2)3;1-3-2;/h1-3H3;1-2H3;/q;-1;+1. The van der Waals surface area contributed by atoms with Crippen molar-refractivity contribution in [2.75, 3.05) is 14.1 Å². The van der Waals surface area contributed by atoms with E-state index < -0.39 is 0 Å². The molecule has 0 spiro atoms. The average molecular weight is 149 g/mol. The van der Waals surface area contributed by atoms with Gasteiger partial charge in [0.25, 0.3) is 0 Å². The fourth-order valence-corrected chi connectivity index (χ4v) is 2.77. The quantitative estimate of drug-likeness (QED) is 0.513. The van der Waals surface area contributed by atoms with E-state index in [1.165, 1.54) is 0 Å². The predicted octanol–water partition coefficient (Wildman–Crippen LogP) is 1.76. The van der Waals surface area contributed by atoms with Crippen molar-refractivity contribution in [3.8, 4) is 0 Å². The van der Waals surface area contributed by atoms with Gasteiger partial charge in [0.15, 0.2) is 0 Å². The summed E-state index contributed by atoms with van der Waals surface area (Å²) in [5.74, 6) is 0. The van der Waals surface area contributed by atoms with Gasteiger partial charge in [-0.15, -0.1) is 0 Å². The van der Waals surface area contributed by atoms with Crippen molar-refractivity contribution in [3.05, 3.63) is 0 Å². The second-order valence-electron chi connectivity index (χ2n) is 3.26. The molecule has 0 aromatic carbocycles. The zero-order valence-electron chi connectivity index (χ0n) is 6.45. The fourth-order valence-electron chi connectivity index (χ4n) is 0.671. The van der Waals surface area contributed by atoms with Crippen molar-refractivity contribution in [2.24, 2.45) is 0 Å². The Kier molecular flexibility index (Phi) is 3.25. The first-order valence-electron chi connectivity index (χ1n) is 2.87. The molecule has 0 atom stereocenters. The molecule has 1 nitrogen and oxygen atoms in total. The van der Waals surface area contributed by atoms with Crippen LogP contribution >= 0.6 is 0 Å². The molecule has 0 aromatic heterocycles. The minimum absolute atomic E-state index is 0.132. The Balaban J connectivity index is 3.39. The summed E-state index contributed by atoms with van der Waals surface area (Å²) >= 11 is 0.132. The molecule has 0 heterocycles. The van der Waals surface area contributed by atoms with E-state index in [9.17, 15) is 0 Å². The number of hydrogen-bond acceptors (Lipinski definition) is 1. The van der Waals surface area contributed by atoms with Gasteiger partial charge in [-0.3, -0.25) is 0 Å². The zero-order chi connectivity index (χ0) is 6.78. The van der Waals surface area contributed by atoms with Crippen LogP contribution in [0.3, 0.4) is 0 Å². The summed E-state index contributed by atoms with van der Waals surface area (Å²) in [5, 5.41) is 0. The van der Waals surface area contributed by atoms with Gasteiger partial charge in [0.2, 0.25) is 0 Å². The van der Waals surface area contributed by atoms with Crippen LogP contribution in [-0.2, 0) is 19.4 Å². The molecule has 0 unspecified atom stereocenters. The second kappa shape index (κ2) is 3.00. The normalized spacial score (nSPS) is 12.2. The molecule has 0 aliphatic carbocycles. The fraction of sp³-hybridized carbons (Fsp3) is 1.00. The molecule has 0 amide bonds. The zero-order valence-corrected chi connectivity index (χ0v) is 8.01. The molecule has 0 aliphatic rings. The third kappa shape index (κ3) is 6.67. The van der Waals surface area contributed by atoms with Gasteiger partial charge in [-0.2, -0.15) is 0 Å². The topological polar surface area (TPSA) is 3.24 Å². The Bertz CT molecular complexity index is 63.4. The van der Waals surface area contributed by atoms with Gasteiger partial charge >= 0.3 is 61.4 Å². The van der Waals surface area contributed by atoms with Gasteiger partial charge in [0.1, 0.15) is 0 Å². The molecule has 0 bridgehead atoms. The SMILES string of the molecule is C[N](C)[Ti][C](C)(C)C. The van der Waals surface area contributed by atoms with Gasteiger partial charge < -0.3 is 0 Å². The summed E-state index contributed by atoms with van der Waals surface area (Å²) < 4.78 is 2.91. The maximum absolute atomic E-state index is 2.33. The number of hydrogen-bond donors (Lipinski definition) is 0. The molecule has 8 heavy (non-hydrogen) atoms. The van der Waals surface area contributed by atoms with E-state index in [1.54, 1.807) is 0 Å². The maximum atomic E-state index is 2.33. The molecule has 0 aliphatic heterocycles. The van der Waals surface area contributed by atoms with Crippen molar-refractivity contribution in [2.45, 2.75) is 24.5 Å². The van der Waals surface area contributed by atoms with Crippen molar-refractivity contribution in [3.63, 3.8) is 0 Å². The van der Waals surface area contributed by atoms with Crippen molar-refractivity contribution >= 4 is 0 Å². The van der Waals surface area contributed by atoms with Crippen LogP contribution in [0.2, 0.25) is 3.72 Å². The van der Waals surface area contributed by atoms with Gasteiger partial charge in [0.05, 0.1) is 0 Å². The summed E-state index contributed by atoms with van der Waals surface area (Å²) in [6.07, 6.45) is 0. The van der Waals surface area contributed by atoms with Crippen LogP contribution in [0.4, 0.5) is 0 Å². The van der Waals surface area contributed by atoms with E-state index in [4.69, 9.17) is 0 Å². The Morgan fingerprint density at radius 2 is 1.50 bits per heavy atom. The molecule has 2 heteroatoms. The molecule has 0 N–H and O–H groups in total. The van der Waals surface area contributed by atoms with E-state index >= 15 is 0 Å². The molecular weight excluding hydrogens is 134 g/mol. The van der Waals surface area contributed by atoms with Gasteiger partial charge in [-0.05, 0) is 0 Å². The Morgan fingerprint density at radius 3 is 1.50 bits per heavy atom. The summed E-state index contributed by atoms with van der Waals surface area (Å²) in [6.45, 7) is 6.90. The van der Waals surface area contributed by atoms with Crippen LogP contribution in [0.1, 0.15) is 20.8 Å². The van der Waals surface area contributed by atoms with Crippen LogP contribution in [0.5, 0.6) is 0 Å². The average Bonchev–Trinajstić information content (AvgIpc) is 1.21. The molecule has 48 valence electrons. The molecule has 0 rings (SSSR count). The minimum atomic E-state index is 0.132. The summed E-state index contributed by atoms with van der Waals surface area (Å²) in [7, 11) is 4.32. The van der Waals surface area contributed by atoms with E-state index in [1.807, 2.05) is 0 Å². The summed E-state index contributed by atoms with van der Waals surface area (Å²) in [5.41, 5.74) is 0. The molecule has 0 fully saturated rings. The van der Waals surface area contributed by atoms with E-state index in [2.05, 4.69) is 38.2 Å². The summed E-state index contributed by atoms with van der Waals surface area (Å²) in [4.78, 5) is 0. The summed E-state index contributed by atoms with van der Waals surface area (Å²) in [6, 6.07) is 0. The first-order chi connectivity index (χ1) is 3.42. The van der Waals surface area contributed by atoms with E-state index in [0.717, 1.165) is 0 Å². The van der Waals surface area contributed by atoms with Crippen LogP contribution in [0.15, 0.2) is 0 Å². The van der Waals surface area contributed by atoms with Crippen molar-refractivity contribution < 1.29 is 19.4 Å². The van der Waals surface area contributed by atoms with Gasteiger partial charge in [0, 0.05) is 0 Å². The third-order valence-corrected chi connectivity index (χ3v) is 2.30. The second-order valence-corrected chi connectivity index (χ2v) is 7.34. The molecule has 0 saturated heterocycles. The van der Waals surface area contributed by atoms with E-state index in [-0.39, 0.29) is 19.4 Å². The van der Waals surface area contributed by atoms with Gasteiger partial charge in [-0.25, -0.2) is 0 Å².